The molecule has 1 heterocycles. The number of aliphatic hydroxyl groups is 1. The van der Waals surface area contributed by atoms with E-state index in [2.05, 4.69) is 4.99 Å². The maximum Gasteiger partial charge on any atom is 0.271 e. The highest BCUT2D eigenvalue weighted by Crippen LogP contribution is 2.36. The van der Waals surface area contributed by atoms with Crippen LogP contribution in [0.4, 0.5) is 10.1 Å². The van der Waals surface area contributed by atoms with Crippen molar-refractivity contribution in [3.05, 3.63) is 106 Å². The molecule has 0 saturated carbocycles. The first-order valence-corrected chi connectivity index (χ1v) is 10.2. The Morgan fingerprint density at radius 2 is 1.60 bits per heavy atom. The van der Waals surface area contributed by atoms with Crippen LogP contribution >= 0.6 is 11.8 Å². The van der Waals surface area contributed by atoms with Gasteiger partial charge in [0.2, 0.25) is 0 Å². The number of nitrogens with zero attached hydrogens (tertiary/aromatic N) is 2. The smallest absolute Gasteiger partial charge is 0.271 e. The van der Waals surface area contributed by atoms with Crippen LogP contribution in [0.1, 0.15) is 16.7 Å². The zero-order valence-corrected chi connectivity index (χ0v) is 16.8. The molecule has 0 spiro atoms. The van der Waals surface area contributed by atoms with Gasteiger partial charge in [-0.05, 0) is 58.8 Å². The van der Waals surface area contributed by atoms with E-state index in [0.29, 0.717) is 16.6 Å². The van der Waals surface area contributed by atoms with Crippen LogP contribution in [0, 0.1) is 5.82 Å². The molecular formula is C24H19FN2O2S. The molecule has 0 radical (unpaired) electrons. The lowest BCUT2D eigenvalue weighted by atomic mass is 10.1. The molecular weight excluding hydrogens is 399 g/mol. The van der Waals surface area contributed by atoms with Crippen molar-refractivity contribution < 1.29 is 14.3 Å². The van der Waals surface area contributed by atoms with Crippen molar-refractivity contribution in [1.29, 1.82) is 0 Å². The number of amides is 1. The minimum Gasteiger partial charge on any atom is -0.392 e. The summed E-state index contributed by atoms with van der Waals surface area (Å²) in [7, 11) is 0. The fraction of sp³-hybridized carbons (Fsp3) is 0.0833. The summed E-state index contributed by atoms with van der Waals surface area (Å²) in [5.41, 5.74) is 3.29. The van der Waals surface area contributed by atoms with Crippen LogP contribution in [0.3, 0.4) is 0 Å². The molecule has 4 nitrogen and oxygen atoms in total. The van der Waals surface area contributed by atoms with Crippen LogP contribution in [0.2, 0.25) is 0 Å². The molecule has 1 saturated heterocycles. The van der Waals surface area contributed by atoms with Gasteiger partial charge < -0.3 is 5.11 Å². The molecule has 0 unspecified atom stereocenters. The molecule has 1 N–H and O–H groups in total. The Morgan fingerprint density at radius 1 is 0.933 bits per heavy atom. The fourth-order valence-corrected chi connectivity index (χ4v) is 3.98. The third-order valence-corrected chi connectivity index (χ3v) is 5.60. The monoisotopic (exact) mass is 418 g/mol. The summed E-state index contributed by atoms with van der Waals surface area (Å²) in [5.74, 6) is -0.435. The number of hydrogen-bond donors (Lipinski definition) is 1. The fourth-order valence-electron chi connectivity index (χ4n) is 3.00. The third kappa shape index (κ3) is 4.50. The Morgan fingerprint density at radius 3 is 2.27 bits per heavy atom. The first-order valence-electron chi connectivity index (χ1n) is 9.42. The molecule has 1 amide bonds. The number of carbonyl (C=O) groups is 1. The standard InChI is InChI=1S/C24H19FN2O2S/c25-20-12-10-18(11-13-20)15-26-24-27(21-4-2-1-3-5-21)23(29)22(30-24)14-17-6-8-19(16-28)9-7-17/h1-14,28H,15-16H2/b22-14-,26-24-. The van der Waals surface area contributed by atoms with Crippen molar-refractivity contribution in [2.75, 3.05) is 4.90 Å². The van der Waals surface area contributed by atoms with Gasteiger partial charge in [-0.1, -0.05) is 54.6 Å². The minimum atomic E-state index is -0.292. The molecule has 6 heteroatoms. The van der Waals surface area contributed by atoms with Gasteiger partial charge in [-0.2, -0.15) is 0 Å². The molecule has 30 heavy (non-hydrogen) atoms. The van der Waals surface area contributed by atoms with Crippen LogP contribution in [0.5, 0.6) is 0 Å². The third-order valence-electron chi connectivity index (χ3n) is 4.59. The molecule has 0 aromatic heterocycles. The van der Waals surface area contributed by atoms with Crippen LogP contribution in [0.15, 0.2) is 88.8 Å². The first-order chi connectivity index (χ1) is 14.6. The van der Waals surface area contributed by atoms with Crippen LogP contribution in [-0.2, 0) is 17.9 Å². The highest BCUT2D eigenvalue weighted by atomic mass is 32.2. The van der Waals surface area contributed by atoms with Gasteiger partial charge in [0.05, 0.1) is 23.7 Å². The number of thioether (sulfide) groups is 1. The zero-order chi connectivity index (χ0) is 20.9. The molecule has 1 aliphatic heterocycles. The highest BCUT2D eigenvalue weighted by Gasteiger charge is 2.34. The second-order valence-corrected chi connectivity index (χ2v) is 7.72. The molecule has 3 aromatic carbocycles. The molecule has 1 fully saturated rings. The Labute approximate surface area is 178 Å². The van der Waals surface area contributed by atoms with Crippen molar-refractivity contribution in [2.24, 2.45) is 4.99 Å². The van der Waals surface area contributed by atoms with Crippen molar-refractivity contribution >= 4 is 34.6 Å². The van der Waals surface area contributed by atoms with Crippen LogP contribution in [0.25, 0.3) is 6.08 Å². The van der Waals surface area contributed by atoms with Gasteiger partial charge >= 0.3 is 0 Å². The summed E-state index contributed by atoms with van der Waals surface area (Å²) in [4.78, 5) is 20.0. The summed E-state index contributed by atoms with van der Waals surface area (Å²) in [5, 5.41) is 9.78. The highest BCUT2D eigenvalue weighted by molar-refractivity contribution is 8.19. The SMILES string of the molecule is O=C1/C(=C/c2ccc(CO)cc2)S/C(=N\Cc2ccc(F)cc2)N1c1ccccc1. The first kappa shape index (κ1) is 20.1. The summed E-state index contributed by atoms with van der Waals surface area (Å²) >= 11 is 1.31. The van der Waals surface area contributed by atoms with E-state index in [1.54, 1.807) is 17.0 Å². The van der Waals surface area contributed by atoms with Gasteiger partial charge in [0.15, 0.2) is 5.17 Å². The number of aliphatic hydroxyl groups excluding tert-OH is 1. The van der Waals surface area contributed by atoms with Gasteiger partial charge in [-0.25, -0.2) is 4.39 Å². The van der Waals surface area contributed by atoms with Gasteiger partial charge in [-0.3, -0.25) is 14.7 Å². The van der Waals surface area contributed by atoms with E-state index in [9.17, 15) is 14.3 Å². The lowest BCUT2D eigenvalue weighted by molar-refractivity contribution is -0.113. The second-order valence-electron chi connectivity index (χ2n) is 6.71. The molecule has 0 aliphatic carbocycles. The quantitative estimate of drug-likeness (QED) is 0.594. The predicted molar refractivity (Wildman–Crippen MR) is 119 cm³/mol. The second kappa shape index (κ2) is 9.07. The maximum atomic E-state index is 13.2. The van der Waals surface area contributed by atoms with E-state index < -0.39 is 0 Å². The average molecular weight is 418 g/mol. The number of hydrogen-bond acceptors (Lipinski definition) is 4. The van der Waals surface area contributed by atoms with Crippen molar-refractivity contribution in [3.63, 3.8) is 0 Å². The predicted octanol–water partition coefficient (Wildman–Crippen LogP) is 5.00. The summed E-state index contributed by atoms with van der Waals surface area (Å²) in [6, 6.07) is 22.9. The van der Waals surface area contributed by atoms with Gasteiger partial charge in [0, 0.05) is 0 Å². The Balaban J connectivity index is 1.65. The number of anilines is 1. The van der Waals surface area contributed by atoms with Crippen molar-refractivity contribution in [3.8, 4) is 0 Å². The summed E-state index contributed by atoms with van der Waals surface area (Å²) in [6.45, 7) is 0.324. The number of carbonyl (C=O) groups excluding carboxylic acids is 1. The Hall–Kier alpha value is -3.22. The number of amidine groups is 1. The van der Waals surface area contributed by atoms with Crippen molar-refractivity contribution in [1.82, 2.24) is 0 Å². The van der Waals surface area contributed by atoms with E-state index >= 15 is 0 Å². The number of para-hydroxylation sites is 1. The summed E-state index contributed by atoms with van der Waals surface area (Å²) in [6.07, 6.45) is 1.82. The Kier molecular flexibility index (Phi) is 6.07. The van der Waals surface area contributed by atoms with E-state index in [1.807, 2.05) is 60.7 Å². The van der Waals surface area contributed by atoms with E-state index in [-0.39, 0.29) is 18.3 Å². The number of aliphatic imine (C=N–C) groups is 1. The normalized spacial score (nSPS) is 16.6. The van der Waals surface area contributed by atoms with E-state index in [4.69, 9.17) is 0 Å². The van der Waals surface area contributed by atoms with E-state index in [0.717, 1.165) is 22.4 Å². The molecule has 4 rings (SSSR count). The molecule has 1 aliphatic rings. The maximum absolute atomic E-state index is 13.2. The lowest BCUT2D eigenvalue weighted by Gasteiger charge is -2.15. The Bertz CT molecular complexity index is 1090. The number of halogens is 1. The topological polar surface area (TPSA) is 52.9 Å². The van der Waals surface area contributed by atoms with Gasteiger partial charge in [0.25, 0.3) is 5.91 Å². The molecule has 3 aromatic rings. The molecule has 0 bridgehead atoms. The molecule has 0 atom stereocenters. The van der Waals surface area contributed by atoms with Gasteiger partial charge in [0.1, 0.15) is 5.82 Å². The van der Waals surface area contributed by atoms with Gasteiger partial charge in [-0.15, -0.1) is 0 Å². The van der Waals surface area contributed by atoms with E-state index in [1.165, 1.54) is 23.9 Å². The molecule has 150 valence electrons. The minimum absolute atomic E-state index is 0.0213. The average Bonchev–Trinajstić information content (AvgIpc) is 3.09. The number of benzene rings is 3. The lowest BCUT2D eigenvalue weighted by Crippen LogP contribution is -2.28. The summed E-state index contributed by atoms with van der Waals surface area (Å²) < 4.78 is 13.2. The van der Waals surface area contributed by atoms with Crippen LogP contribution < -0.4 is 4.90 Å². The largest absolute Gasteiger partial charge is 0.392 e. The zero-order valence-electron chi connectivity index (χ0n) is 16.0. The number of rotatable bonds is 5. The van der Waals surface area contributed by atoms with Crippen LogP contribution in [-0.4, -0.2) is 16.2 Å². The van der Waals surface area contributed by atoms with Crippen molar-refractivity contribution in [2.45, 2.75) is 13.2 Å².